The van der Waals surface area contributed by atoms with E-state index in [0.29, 0.717) is 30.2 Å². The van der Waals surface area contributed by atoms with Crippen molar-refractivity contribution in [1.82, 2.24) is 25.8 Å². The zero-order chi connectivity index (χ0) is 23.2. The van der Waals surface area contributed by atoms with Crippen LogP contribution in [0.4, 0.5) is 5.69 Å². The molecule has 2 aromatic carbocycles. The predicted octanol–water partition coefficient (Wildman–Crippen LogP) is 1.12. The normalized spacial score (nSPS) is 15.0. The van der Waals surface area contributed by atoms with E-state index in [-0.39, 0.29) is 18.3 Å². The molecule has 0 radical (unpaired) electrons. The molecule has 0 bridgehead atoms. The lowest BCUT2D eigenvalue weighted by Gasteiger charge is -2.20. The van der Waals surface area contributed by atoms with Crippen molar-refractivity contribution >= 4 is 17.5 Å². The number of amides is 2. The third-order valence-corrected chi connectivity index (χ3v) is 5.11. The maximum absolute atomic E-state index is 13.0. The Bertz CT molecular complexity index is 1210. The van der Waals surface area contributed by atoms with E-state index in [1.165, 1.54) is 4.90 Å². The van der Waals surface area contributed by atoms with Crippen molar-refractivity contribution in [2.45, 2.75) is 12.5 Å². The number of hydrogen-bond donors (Lipinski definition) is 3. The van der Waals surface area contributed by atoms with Crippen LogP contribution < -0.4 is 20.3 Å². The summed E-state index contributed by atoms with van der Waals surface area (Å²) in [6.45, 7) is 0.554. The molecule has 3 N–H and O–H groups in total. The van der Waals surface area contributed by atoms with Crippen LogP contribution in [0.15, 0.2) is 48.5 Å². The number of carbonyl (C=O) groups is 2. The molecule has 1 aliphatic heterocycles. The monoisotopic (exact) mass is 444 g/mol. The lowest BCUT2D eigenvalue weighted by atomic mass is 10.1. The first kappa shape index (κ1) is 22.0. The molecule has 0 aliphatic carbocycles. The molecule has 4 rings (SSSR count). The van der Waals surface area contributed by atoms with Crippen LogP contribution in [-0.2, 0) is 11.2 Å². The molecule has 2 heterocycles. The molecule has 9 heteroatoms. The van der Waals surface area contributed by atoms with Crippen molar-refractivity contribution in [3.8, 4) is 17.6 Å². The summed E-state index contributed by atoms with van der Waals surface area (Å²) < 4.78 is 5.82. The largest absolute Gasteiger partial charge is 0.489 e. The number of benzene rings is 2. The summed E-state index contributed by atoms with van der Waals surface area (Å²) in [4.78, 5) is 31.5. The van der Waals surface area contributed by atoms with Crippen molar-refractivity contribution in [3.05, 3.63) is 71.3 Å². The van der Waals surface area contributed by atoms with Crippen molar-refractivity contribution in [1.29, 1.82) is 0 Å². The average Bonchev–Trinajstić information content (AvgIpc) is 3.26. The number of carbonyl (C=O) groups excluding carboxylic acids is 2. The first-order valence-electron chi connectivity index (χ1n) is 10.5. The van der Waals surface area contributed by atoms with Gasteiger partial charge in [-0.2, -0.15) is 0 Å². The molecule has 168 valence electrons. The number of aromatic amines is 1. The molecule has 1 atom stereocenters. The summed E-state index contributed by atoms with van der Waals surface area (Å²) in [5.41, 5.74) is 2.40. The third kappa shape index (κ3) is 5.19. The molecule has 1 aromatic heterocycles. The number of ether oxygens (including phenoxy) is 1. The van der Waals surface area contributed by atoms with E-state index >= 15 is 0 Å². The van der Waals surface area contributed by atoms with E-state index in [2.05, 4.69) is 37.7 Å². The van der Waals surface area contributed by atoms with Gasteiger partial charge in [-0.25, -0.2) is 4.98 Å². The van der Waals surface area contributed by atoms with Gasteiger partial charge in [-0.1, -0.05) is 42.2 Å². The van der Waals surface area contributed by atoms with Crippen LogP contribution in [0.3, 0.4) is 0 Å². The molecule has 1 aliphatic rings. The van der Waals surface area contributed by atoms with Crippen molar-refractivity contribution in [3.63, 3.8) is 0 Å². The number of aromatic nitrogens is 3. The molecule has 0 unspecified atom stereocenters. The zero-order valence-corrected chi connectivity index (χ0v) is 18.4. The number of hydrogen-bond acceptors (Lipinski definition) is 6. The minimum absolute atomic E-state index is 0.00596. The summed E-state index contributed by atoms with van der Waals surface area (Å²) in [6.07, 6.45) is 0.518. The molecular weight excluding hydrogens is 420 g/mol. The Morgan fingerprint density at radius 2 is 2.09 bits per heavy atom. The molecule has 0 saturated heterocycles. The summed E-state index contributed by atoms with van der Waals surface area (Å²) in [6, 6.07) is 14.3. The van der Waals surface area contributed by atoms with Gasteiger partial charge in [0.25, 0.3) is 11.8 Å². The maximum Gasteiger partial charge on any atom is 0.291 e. The second kappa shape index (κ2) is 9.97. The van der Waals surface area contributed by atoms with Crippen LogP contribution in [0, 0.1) is 11.8 Å². The van der Waals surface area contributed by atoms with Crippen molar-refractivity contribution < 1.29 is 14.3 Å². The molecular formula is C24H24N6O3. The number of H-pyrrole nitrogens is 1. The van der Waals surface area contributed by atoms with Gasteiger partial charge in [-0.15, -0.1) is 5.10 Å². The van der Waals surface area contributed by atoms with Crippen LogP contribution in [0.2, 0.25) is 0 Å². The van der Waals surface area contributed by atoms with E-state index in [9.17, 15) is 9.59 Å². The highest BCUT2D eigenvalue weighted by atomic mass is 16.5. The minimum atomic E-state index is -0.884. The highest BCUT2D eigenvalue weighted by Gasteiger charge is 2.31. The summed E-state index contributed by atoms with van der Waals surface area (Å²) in [5.74, 6) is 6.26. The topological polar surface area (TPSA) is 112 Å². The molecule has 2 amide bonds. The maximum atomic E-state index is 13.0. The Morgan fingerprint density at radius 3 is 2.88 bits per heavy atom. The van der Waals surface area contributed by atoms with Gasteiger partial charge >= 0.3 is 0 Å². The summed E-state index contributed by atoms with van der Waals surface area (Å²) in [7, 11) is 3.47. The van der Waals surface area contributed by atoms with Gasteiger partial charge in [0.05, 0.1) is 12.2 Å². The van der Waals surface area contributed by atoms with Gasteiger partial charge in [-0.3, -0.25) is 14.7 Å². The zero-order valence-electron chi connectivity index (χ0n) is 18.4. The number of rotatable bonds is 5. The second-order valence-corrected chi connectivity index (χ2v) is 7.52. The minimum Gasteiger partial charge on any atom is -0.489 e. The fraction of sp³-hybridized carbons (Fsp3) is 0.250. The Kier molecular flexibility index (Phi) is 6.66. The van der Waals surface area contributed by atoms with Crippen LogP contribution >= 0.6 is 0 Å². The van der Waals surface area contributed by atoms with Crippen LogP contribution in [-0.4, -0.2) is 60.3 Å². The Morgan fingerprint density at radius 1 is 1.27 bits per heavy atom. The predicted molar refractivity (Wildman–Crippen MR) is 123 cm³/mol. The van der Waals surface area contributed by atoms with Gasteiger partial charge < -0.3 is 20.3 Å². The van der Waals surface area contributed by atoms with Crippen LogP contribution in [0.1, 0.15) is 27.6 Å². The van der Waals surface area contributed by atoms with Gasteiger partial charge in [0.15, 0.2) is 0 Å². The van der Waals surface area contributed by atoms with E-state index in [0.717, 1.165) is 11.1 Å². The van der Waals surface area contributed by atoms with Crippen LogP contribution in [0.25, 0.3) is 0 Å². The molecule has 0 spiro atoms. The van der Waals surface area contributed by atoms with E-state index in [1.807, 2.05) is 43.4 Å². The van der Waals surface area contributed by atoms with Gasteiger partial charge in [0.1, 0.15) is 24.2 Å². The fourth-order valence-corrected chi connectivity index (χ4v) is 3.40. The highest BCUT2D eigenvalue weighted by Crippen LogP contribution is 2.31. The standard InChI is InChI=1S/C24H24N6O3/c1-25-12-6-9-17-10-11-20-19(13-17)30(2)24(32)18(15-33-20)26-23(31)22-27-21(28-29-22)14-16-7-4-3-5-8-16/h3-5,7-8,10-11,13,18,25H,12,14-15H2,1-2H3,(H,26,31)(H,27,28,29)/t18-/m0/s1. The molecule has 9 nitrogen and oxygen atoms in total. The quantitative estimate of drug-likeness (QED) is 0.509. The van der Waals surface area contributed by atoms with Crippen molar-refractivity contribution in [2.75, 3.05) is 32.1 Å². The number of fused-ring (bicyclic) bond motifs is 1. The smallest absolute Gasteiger partial charge is 0.291 e. The number of nitrogens with one attached hydrogen (secondary N) is 3. The van der Waals surface area contributed by atoms with Gasteiger partial charge in [-0.05, 0) is 30.8 Å². The SMILES string of the molecule is CNCC#Cc1ccc2c(c1)N(C)C(=O)[C@@H](NC(=O)c1n[nH]c(Cc3ccccc3)n1)CO2. The number of likely N-dealkylation sites (N-methyl/N-ethyl adjacent to an activating group) is 1. The van der Waals surface area contributed by atoms with Gasteiger partial charge in [0, 0.05) is 19.0 Å². The average molecular weight is 444 g/mol. The van der Waals surface area contributed by atoms with Crippen LogP contribution in [0.5, 0.6) is 5.75 Å². The Hall–Kier alpha value is -4.16. The number of anilines is 1. The molecule has 0 fully saturated rings. The van der Waals surface area contributed by atoms with E-state index < -0.39 is 11.9 Å². The molecule has 33 heavy (non-hydrogen) atoms. The number of nitrogens with zero attached hydrogens (tertiary/aromatic N) is 3. The highest BCUT2D eigenvalue weighted by molar-refractivity contribution is 6.02. The first-order chi connectivity index (χ1) is 16.0. The first-order valence-corrected chi connectivity index (χ1v) is 10.5. The van der Waals surface area contributed by atoms with Crippen molar-refractivity contribution in [2.24, 2.45) is 0 Å². The van der Waals surface area contributed by atoms with E-state index in [1.54, 1.807) is 19.2 Å². The molecule has 0 saturated carbocycles. The molecule has 3 aromatic rings. The van der Waals surface area contributed by atoms with E-state index in [4.69, 9.17) is 4.74 Å². The summed E-state index contributed by atoms with van der Waals surface area (Å²) >= 11 is 0. The summed E-state index contributed by atoms with van der Waals surface area (Å²) in [5, 5.41) is 12.4. The lowest BCUT2D eigenvalue weighted by Crippen LogP contribution is -2.49. The second-order valence-electron chi connectivity index (χ2n) is 7.52. The fourth-order valence-electron chi connectivity index (χ4n) is 3.40. The Labute approximate surface area is 191 Å². The Balaban J connectivity index is 1.44. The lowest BCUT2D eigenvalue weighted by molar-refractivity contribution is -0.120. The van der Waals surface area contributed by atoms with Gasteiger partial charge in [0.2, 0.25) is 5.82 Å². The third-order valence-electron chi connectivity index (χ3n) is 5.11.